The van der Waals surface area contributed by atoms with Gasteiger partial charge >= 0.3 is 0 Å². The van der Waals surface area contributed by atoms with Gasteiger partial charge in [0.25, 0.3) is 0 Å². The molecule has 1 atom stereocenters. The Morgan fingerprint density at radius 1 is 1.50 bits per heavy atom. The molecule has 4 heteroatoms. The van der Waals surface area contributed by atoms with Gasteiger partial charge in [-0.15, -0.1) is 0 Å². The van der Waals surface area contributed by atoms with Crippen LogP contribution in [-0.4, -0.2) is 10.1 Å². The molecule has 1 aromatic rings. The highest BCUT2D eigenvalue weighted by Crippen LogP contribution is 2.47. The Hall–Kier alpha value is -0.920. The van der Waals surface area contributed by atoms with E-state index in [-0.39, 0.29) is 0 Å². The largest absolute Gasteiger partial charge is 0.387 e. The van der Waals surface area contributed by atoms with Crippen LogP contribution in [0.25, 0.3) is 0 Å². The number of nitrogens with zero attached hydrogens (tertiary/aromatic N) is 2. The highest BCUT2D eigenvalue weighted by Gasteiger charge is 2.41. The van der Waals surface area contributed by atoms with Gasteiger partial charge in [-0.25, -0.2) is 0 Å². The fourth-order valence-corrected chi connectivity index (χ4v) is 3.00. The minimum Gasteiger partial charge on any atom is -0.387 e. The summed E-state index contributed by atoms with van der Waals surface area (Å²) in [6.07, 6.45) is 6.11. The number of hydrogen-bond acceptors (Lipinski definition) is 3. The molecule has 1 N–H and O–H groups in total. The highest BCUT2D eigenvalue weighted by molar-refractivity contribution is 9.10. The van der Waals surface area contributed by atoms with Crippen molar-refractivity contribution in [3.8, 4) is 6.07 Å². The molecule has 3 nitrogen and oxygen atoms in total. The summed E-state index contributed by atoms with van der Waals surface area (Å²) in [6, 6.07) is 4.20. The summed E-state index contributed by atoms with van der Waals surface area (Å²) in [4.78, 5) is 4.06. The van der Waals surface area contributed by atoms with Crippen molar-refractivity contribution < 1.29 is 5.11 Å². The Balaban J connectivity index is 2.26. The topological polar surface area (TPSA) is 56.9 Å². The van der Waals surface area contributed by atoms with Crippen LogP contribution in [0.4, 0.5) is 0 Å². The van der Waals surface area contributed by atoms with Crippen LogP contribution >= 0.6 is 15.9 Å². The van der Waals surface area contributed by atoms with Gasteiger partial charge in [0.1, 0.15) is 0 Å². The number of halogens is 1. The summed E-state index contributed by atoms with van der Waals surface area (Å²) in [5.41, 5.74) is 0.0788. The van der Waals surface area contributed by atoms with Gasteiger partial charge in [0.05, 0.1) is 17.6 Å². The number of aliphatic hydroxyl groups is 1. The Labute approximate surface area is 116 Å². The van der Waals surface area contributed by atoms with Gasteiger partial charge in [0.2, 0.25) is 0 Å². The second kappa shape index (κ2) is 5.38. The zero-order chi connectivity index (χ0) is 13.2. The smallest absolute Gasteiger partial charge is 0.0991 e. The van der Waals surface area contributed by atoms with Gasteiger partial charge in [-0.1, -0.05) is 6.92 Å². The molecule has 0 radical (unpaired) electrons. The van der Waals surface area contributed by atoms with Crippen LogP contribution in [0.15, 0.2) is 22.9 Å². The first-order valence-corrected chi connectivity index (χ1v) is 7.06. The van der Waals surface area contributed by atoms with Crippen molar-refractivity contribution in [2.75, 3.05) is 0 Å². The van der Waals surface area contributed by atoms with Gasteiger partial charge in [-0.05, 0) is 53.6 Å². The number of pyridine rings is 1. The van der Waals surface area contributed by atoms with Crippen molar-refractivity contribution in [2.24, 2.45) is 11.3 Å². The fraction of sp³-hybridized carbons (Fsp3) is 0.571. The van der Waals surface area contributed by atoms with Crippen molar-refractivity contribution in [3.63, 3.8) is 0 Å². The van der Waals surface area contributed by atoms with Gasteiger partial charge in [-0.2, -0.15) is 5.26 Å². The summed E-state index contributed by atoms with van der Waals surface area (Å²) in [6.45, 7) is 2.20. The molecular formula is C14H17BrN2O. The molecule has 1 unspecified atom stereocenters. The van der Waals surface area contributed by atoms with Crippen LogP contribution in [0.3, 0.4) is 0 Å². The van der Waals surface area contributed by atoms with E-state index in [1.54, 1.807) is 12.4 Å². The van der Waals surface area contributed by atoms with Gasteiger partial charge in [-0.3, -0.25) is 4.98 Å². The van der Waals surface area contributed by atoms with Crippen LogP contribution in [-0.2, 0) is 0 Å². The Kier molecular flexibility index (Phi) is 4.04. The summed E-state index contributed by atoms with van der Waals surface area (Å²) < 4.78 is 0.830. The Morgan fingerprint density at radius 3 is 2.72 bits per heavy atom. The summed E-state index contributed by atoms with van der Waals surface area (Å²) in [7, 11) is 0. The minimum absolute atomic E-state index is 0.644. The van der Waals surface area contributed by atoms with Crippen LogP contribution in [0.5, 0.6) is 0 Å². The first kappa shape index (κ1) is 13.5. The average molecular weight is 309 g/mol. The van der Waals surface area contributed by atoms with E-state index >= 15 is 0 Å². The zero-order valence-corrected chi connectivity index (χ0v) is 12.0. The number of aromatic nitrogens is 1. The molecule has 0 saturated heterocycles. The molecule has 1 aliphatic carbocycles. The summed E-state index contributed by atoms with van der Waals surface area (Å²) in [5, 5.41) is 20.0. The Morgan fingerprint density at radius 2 is 2.17 bits per heavy atom. The lowest BCUT2D eigenvalue weighted by Gasteiger charge is -2.37. The molecule has 0 amide bonds. The monoisotopic (exact) mass is 308 g/mol. The van der Waals surface area contributed by atoms with Crippen molar-refractivity contribution >= 4 is 15.9 Å². The predicted molar refractivity (Wildman–Crippen MR) is 72.6 cm³/mol. The maximum absolute atomic E-state index is 10.5. The van der Waals surface area contributed by atoms with Crippen molar-refractivity contribution in [2.45, 2.75) is 38.7 Å². The van der Waals surface area contributed by atoms with Gasteiger partial charge in [0.15, 0.2) is 0 Å². The van der Waals surface area contributed by atoms with E-state index < -0.39 is 11.5 Å². The van der Waals surface area contributed by atoms with E-state index in [1.807, 2.05) is 6.07 Å². The zero-order valence-electron chi connectivity index (χ0n) is 10.4. The Bertz CT molecular complexity index is 461. The standard InChI is InChI=1S/C14H17BrN2O/c1-10-2-4-14(9-16,5-3-10)13(18)11-6-12(15)8-17-7-11/h6-8,10,13,18H,2-5H2,1H3. The van der Waals surface area contributed by atoms with E-state index in [1.165, 1.54) is 0 Å². The molecule has 1 aliphatic rings. The SMILES string of the molecule is CC1CCC(C#N)(C(O)c2cncc(Br)c2)CC1. The van der Waals surface area contributed by atoms with Crippen LogP contribution in [0.1, 0.15) is 44.3 Å². The second-order valence-electron chi connectivity index (χ2n) is 5.29. The molecule has 1 aromatic heterocycles. The van der Waals surface area contributed by atoms with E-state index in [0.717, 1.165) is 35.7 Å². The molecule has 1 fully saturated rings. The lowest BCUT2D eigenvalue weighted by Crippen LogP contribution is -2.32. The number of hydrogen-bond donors (Lipinski definition) is 1. The van der Waals surface area contributed by atoms with Gasteiger partial charge < -0.3 is 5.11 Å². The second-order valence-corrected chi connectivity index (χ2v) is 6.21. The molecular weight excluding hydrogens is 292 g/mol. The first-order valence-electron chi connectivity index (χ1n) is 6.27. The van der Waals surface area contributed by atoms with E-state index in [0.29, 0.717) is 5.92 Å². The average Bonchev–Trinajstić information content (AvgIpc) is 2.39. The molecule has 0 aromatic carbocycles. The molecule has 18 heavy (non-hydrogen) atoms. The third-order valence-corrected chi connectivity index (χ3v) is 4.39. The van der Waals surface area contributed by atoms with E-state index in [2.05, 4.69) is 33.9 Å². The molecule has 0 bridgehead atoms. The van der Waals surface area contributed by atoms with Crippen LogP contribution in [0.2, 0.25) is 0 Å². The molecule has 1 saturated carbocycles. The predicted octanol–water partition coefficient (Wildman–Crippen LogP) is 3.60. The highest BCUT2D eigenvalue weighted by atomic mass is 79.9. The summed E-state index contributed by atoms with van der Waals surface area (Å²) in [5.74, 6) is 0.652. The normalized spacial score (nSPS) is 29.6. The molecule has 0 spiro atoms. The third-order valence-electron chi connectivity index (χ3n) is 3.95. The first-order chi connectivity index (χ1) is 8.57. The summed E-state index contributed by atoms with van der Waals surface area (Å²) >= 11 is 3.35. The number of aliphatic hydroxyl groups excluding tert-OH is 1. The maximum Gasteiger partial charge on any atom is 0.0991 e. The molecule has 96 valence electrons. The quantitative estimate of drug-likeness (QED) is 0.908. The molecule has 1 heterocycles. The van der Waals surface area contributed by atoms with Crippen molar-refractivity contribution in [3.05, 3.63) is 28.5 Å². The van der Waals surface area contributed by atoms with Crippen molar-refractivity contribution in [1.29, 1.82) is 5.26 Å². The third kappa shape index (κ3) is 2.57. The molecule has 0 aliphatic heterocycles. The van der Waals surface area contributed by atoms with Crippen molar-refractivity contribution in [1.82, 2.24) is 4.98 Å². The molecule has 2 rings (SSSR count). The van der Waals surface area contributed by atoms with E-state index in [9.17, 15) is 10.4 Å². The van der Waals surface area contributed by atoms with E-state index in [4.69, 9.17) is 0 Å². The van der Waals surface area contributed by atoms with Gasteiger partial charge in [0, 0.05) is 22.4 Å². The van der Waals surface area contributed by atoms with Crippen LogP contribution in [0, 0.1) is 22.7 Å². The lowest BCUT2D eigenvalue weighted by molar-refractivity contribution is 0.0264. The fourth-order valence-electron chi connectivity index (χ4n) is 2.62. The minimum atomic E-state index is -0.750. The number of nitriles is 1. The lowest BCUT2D eigenvalue weighted by atomic mass is 9.67. The number of rotatable bonds is 2. The van der Waals surface area contributed by atoms with Crippen LogP contribution < -0.4 is 0 Å². The maximum atomic E-state index is 10.5.